The van der Waals surface area contributed by atoms with Crippen LogP contribution in [0.2, 0.25) is 0 Å². The van der Waals surface area contributed by atoms with E-state index >= 15 is 0 Å². The van der Waals surface area contributed by atoms with E-state index in [0.717, 1.165) is 28.5 Å². The Balaban J connectivity index is 2.31. The third-order valence-corrected chi connectivity index (χ3v) is 6.81. The standard InChI is InChI=1S/C19H24N2O5S/c1-13-9-14(2)11-16(10-13)15-5-7-21(17(22)12-15)8-6-19(3,18(23)20-24)27(4,25)26/h5,7,9-12,24H,6,8H2,1-4H3,(H,20,23)/t19-/m1/s1. The summed E-state index contributed by atoms with van der Waals surface area (Å²) < 4.78 is 23.5. The van der Waals surface area contributed by atoms with Crippen molar-refractivity contribution in [3.8, 4) is 11.1 Å². The molecule has 0 aliphatic carbocycles. The van der Waals surface area contributed by atoms with E-state index in [0.29, 0.717) is 0 Å². The molecule has 2 rings (SSSR count). The number of carbonyl (C=O) groups is 1. The minimum absolute atomic E-state index is 0.0168. The van der Waals surface area contributed by atoms with Crippen LogP contribution in [-0.4, -0.2) is 35.1 Å². The van der Waals surface area contributed by atoms with E-state index < -0.39 is 20.5 Å². The van der Waals surface area contributed by atoms with Gasteiger partial charge < -0.3 is 4.57 Å². The van der Waals surface area contributed by atoms with Crippen molar-refractivity contribution in [3.05, 3.63) is 58.0 Å². The van der Waals surface area contributed by atoms with Crippen molar-refractivity contribution in [2.45, 2.75) is 38.5 Å². The maximum atomic E-state index is 12.5. The van der Waals surface area contributed by atoms with Crippen LogP contribution in [0.25, 0.3) is 11.1 Å². The molecule has 1 aromatic carbocycles. The van der Waals surface area contributed by atoms with Crippen LogP contribution in [0.4, 0.5) is 0 Å². The summed E-state index contributed by atoms with van der Waals surface area (Å²) >= 11 is 0. The summed E-state index contributed by atoms with van der Waals surface area (Å²) in [6, 6.07) is 9.28. The van der Waals surface area contributed by atoms with Crippen molar-refractivity contribution in [3.63, 3.8) is 0 Å². The fraction of sp³-hybridized carbons (Fsp3) is 0.368. The second-order valence-corrected chi connectivity index (χ2v) is 9.46. The molecule has 0 aliphatic heterocycles. The van der Waals surface area contributed by atoms with E-state index in [2.05, 4.69) is 0 Å². The molecule has 0 saturated heterocycles. The molecule has 7 nitrogen and oxygen atoms in total. The van der Waals surface area contributed by atoms with Gasteiger partial charge in [-0.05, 0) is 44.4 Å². The Hall–Kier alpha value is -2.45. The molecule has 0 fully saturated rings. The van der Waals surface area contributed by atoms with Gasteiger partial charge in [0.15, 0.2) is 14.6 Å². The van der Waals surface area contributed by atoms with E-state index in [1.165, 1.54) is 23.0 Å². The molecule has 0 saturated carbocycles. The number of hydroxylamine groups is 1. The summed E-state index contributed by atoms with van der Waals surface area (Å²) in [5.74, 6) is -1.02. The molecule has 1 atom stereocenters. The van der Waals surface area contributed by atoms with Gasteiger partial charge in [-0.1, -0.05) is 29.3 Å². The number of amides is 1. The molecule has 27 heavy (non-hydrogen) atoms. The van der Waals surface area contributed by atoms with Gasteiger partial charge in [-0.2, -0.15) is 0 Å². The number of benzene rings is 1. The van der Waals surface area contributed by atoms with Crippen LogP contribution in [0.3, 0.4) is 0 Å². The topological polar surface area (TPSA) is 105 Å². The third-order valence-electron chi connectivity index (χ3n) is 4.78. The normalized spacial score (nSPS) is 13.8. The van der Waals surface area contributed by atoms with E-state index in [1.807, 2.05) is 32.0 Å². The molecule has 1 aromatic heterocycles. The number of nitrogens with one attached hydrogen (secondary N) is 1. The lowest BCUT2D eigenvalue weighted by Gasteiger charge is -2.25. The number of rotatable bonds is 6. The molecule has 0 spiro atoms. The van der Waals surface area contributed by atoms with Crippen LogP contribution in [0.1, 0.15) is 24.5 Å². The maximum Gasteiger partial charge on any atom is 0.264 e. The molecule has 146 valence electrons. The van der Waals surface area contributed by atoms with Gasteiger partial charge in [-0.25, -0.2) is 13.9 Å². The predicted octanol–water partition coefficient (Wildman–Crippen LogP) is 1.83. The first kappa shape index (κ1) is 20.9. The summed E-state index contributed by atoms with van der Waals surface area (Å²) in [7, 11) is -3.81. The van der Waals surface area contributed by atoms with E-state index in [4.69, 9.17) is 5.21 Å². The highest BCUT2D eigenvalue weighted by molar-refractivity contribution is 7.92. The Morgan fingerprint density at radius 2 is 1.74 bits per heavy atom. The van der Waals surface area contributed by atoms with Gasteiger partial charge in [0.1, 0.15) is 0 Å². The third kappa shape index (κ3) is 4.45. The van der Waals surface area contributed by atoms with Gasteiger partial charge in [-0.3, -0.25) is 14.8 Å². The SMILES string of the molecule is Cc1cc(C)cc(-c2ccn(CC[C@](C)(C(=O)NO)S(C)(=O)=O)c(=O)c2)c1. The number of carbonyl (C=O) groups excluding carboxylic acids is 1. The molecule has 1 amide bonds. The molecular formula is C19H24N2O5S. The molecule has 0 aliphatic rings. The second kappa shape index (κ2) is 7.66. The van der Waals surface area contributed by atoms with Gasteiger partial charge in [0.25, 0.3) is 11.5 Å². The van der Waals surface area contributed by atoms with E-state index in [9.17, 15) is 18.0 Å². The van der Waals surface area contributed by atoms with Crippen molar-refractivity contribution in [2.24, 2.45) is 0 Å². The molecule has 0 unspecified atom stereocenters. The zero-order chi connectivity index (χ0) is 20.4. The summed E-state index contributed by atoms with van der Waals surface area (Å²) in [5.41, 5.74) is 4.98. The maximum absolute atomic E-state index is 12.5. The molecule has 0 radical (unpaired) electrons. The predicted molar refractivity (Wildman–Crippen MR) is 103 cm³/mol. The van der Waals surface area contributed by atoms with E-state index in [-0.39, 0.29) is 18.5 Å². The minimum Gasteiger partial charge on any atom is -0.315 e. The molecule has 2 aromatic rings. The Labute approximate surface area is 158 Å². The number of nitrogens with zero attached hydrogens (tertiary/aromatic N) is 1. The Bertz CT molecular complexity index is 1010. The average molecular weight is 392 g/mol. The summed E-state index contributed by atoms with van der Waals surface area (Å²) in [6.07, 6.45) is 2.35. The zero-order valence-electron chi connectivity index (χ0n) is 15.8. The van der Waals surface area contributed by atoms with Crippen LogP contribution in [0, 0.1) is 13.8 Å². The van der Waals surface area contributed by atoms with Crippen molar-refractivity contribution >= 4 is 15.7 Å². The van der Waals surface area contributed by atoms with Gasteiger partial charge >= 0.3 is 0 Å². The number of hydrogen-bond donors (Lipinski definition) is 2. The monoisotopic (exact) mass is 392 g/mol. The first-order valence-electron chi connectivity index (χ1n) is 8.41. The van der Waals surface area contributed by atoms with Crippen LogP contribution in [0.5, 0.6) is 0 Å². The average Bonchev–Trinajstić information content (AvgIpc) is 2.57. The Morgan fingerprint density at radius 3 is 2.22 bits per heavy atom. The first-order chi connectivity index (χ1) is 12.5. The van der Waals surface area contributed by atoms with Crippen LogP contribution < -0.4 is 11.0 Å². The largest absolute Gasteiger partial charge is 0.315 e. The molecule has 8 heteroatoms. The lowest BCUT2D eigenvalue weighted by atomic mass is 10.0. The number of pyridine rings is 1. The molecule has 0 bridgehead atoms. The smallest absolute Gasteiger partial charge is 0.264 e. The van der Waals surface area contributed by atoms with Crippen molar-refractivity contribution in [1.82, 2.24) is 10.0 Å². The number of aryl methyl sites for hydroxylation is 3. The lowest BCUT2D eigenvalue weighted by Crippen LogP contribution is -2.49. The van der Waals surface area contributed by atoms with Crippen molar-refractivity contribution in [2.75, 3.05) is 6.26 Å². The van der Waals surface area contributed by atoms with Crippen LogP contribution in [-0.2, 0) is 21.2 Å². The number of hydrogen-bond acceptors (Lipinski definition) is 5. The molecule has 1 heterocycles. The molecule has 2 N–H and O–H groups in total. The highest BCUT2D eigenvalue weighted by Crippen LogP contribution is 2.23. The summed E-state index contributed by atoms with van der Waals surface area (Å²) in [4.78, 5) is 24.3. The van der Waals surface area contributed by atoms with E-state index in [1.54, 1.807) is 12.3 Å². The summed E-state index contributed by atoms with van der Waals surface area (Å²) in [5, 5.41) is 8.86. The fourth-order valence-corrected chi connectivity index (χ4v) is 3.78. The number of sulfone groups is 1. The van der Waals surface area contributed by atoms with Crippen molar-refractivity contribution in [1.29, 1.82) is 0 Å². The van der Waals surface area contributed by atoms with Crippen LogP contribution >= 0.6 is 0 Å². The Kier molecular flexibility index (Phi) is 5.91. The fourth-order valence-electron chi connectivity index (χ4n) is 2.93. The highest BCUT2D eigenvalue weighted by Gasteiger charge is 2.43. The van der Waals surface area contributed by atoms with Gasteiger partial charge in [0.05, 0.1) is 0 Å². The Morgan fingerprint density at radius 1 is 1.15 bits per heavy atom. The van der Waals surface area contributed by atoms with Gasteiger partial charge in [0.2, 0.25) is 0 Å². The molecular weight excluding hydrogens is 368 g/mol. The van der Waals surface area contributed by atoms with Gasteiger partial charge in [-0.15, -0.1) is 0 Å². The zero-order valence-corrected chi connectivity index (χ0v) is 16.6. The lowest BCUT2D eigenvalue weighted by molar-refractivity contribution is -0.131. The van der Waals surface area contributed by atoms with Crippen LogP contribution in [0.15, 0.2) is 41.3 Å². The summed E-state index contributed by atoms with van der Waals surface area (Å²) in [6.45, 7) is 5.21. The quantitative estimate of drug-likeness (QED) is 0.576. The second-order valence-electron chi connectivity index (χ2n) is 7.02. The van der Waals surface area contributed by atoms with Crippen molar-refractivity contribution < 1.29 is 18.4 Å². The first-order valence-corrected chi connectivity index (χ1v) is 10.3. The van der Waals surface area contributed by atoms with Gasteiger partial charge in [0, 0.05) is 25.1 Å². The highest BCUT2D eigenvalue weighted by atomic mass is 32.2. The number of aromatic nitrogens is 1. The minimum atomic E-state index is -3.81.